The molecule has 1 N–H and O–H groups in total. The third kappa shape index (κ3) is 5.83. The lowest BCUT2D eigenvalue weighted by Crippen LogP contribution is -2.37. The van der Waals surface area contributed by atoms with Crippen molar-refractivity contribution in [2.24, 2.45) is 7.05 Å². The molecule has 3 heterocycles. The Morgan fingerprint density at radius 2 is 1.68 bits per heavy atom. The summed E-state index contributed by atoms with van der Waals surface area (Å²) in [5.41, 5.74) is 1.85. The van der Waals surface area contributed by atoms with E-state index in [0.717, 1.165) is 28.1 Å². The van der Waals surface area contributed by atoms with E-state index in [9.17, 15) is 22.8 Å². The summed E-state index contributed by atoms with van der Waals surface area (Å²) in [6.07, 6.45) is -1.69. The molecule has 2 aromatic carbocycles. The molecule has 208 valence electrons. The van der Waals surface area contributed by atoms with Crippen molar-refractivity contribution in [3.8, 4) is 17.2 Å². The second-order valence-corrected chi connectivity index (χ2v) is 9.22. The molecule has 10 nitrogen and oxygen atoms in total. The van der Waals surface area contributed by atoms with Crippen LogP contribution in [-0.4, -0.2) is 44.2 Å². The number of nitrogens with zero attached hydrogens (tertiary/aromatic N) is 5. The Morgan fingerprint density at radius 1 is 0.975 bits per heavy atom. The van der Waals surface area contributed by atoms with Crippen molar-refractivity contribution in [2.75, 3.05) is 19.0 Å². The maximum Gasteiger partial charge on any atom is 0.573 e. The quantitative estimate of drug-likeness (QED) is 0.370. The molecule has 0 amide bonds. The van der Waals surface area contributed by atoms with Gasteiger partial charge in [-0.25, -0.2) is 4.98 Å². The highest BCUT2D eigenvalue weighted by Crippen LogP contribution is 2.27. The van der Waals surface area contributed by atoms with Crippen molar-refractivity contribution in [2.45, 2.75) is 25.9 Å². The number of alkyl halides is 3. The average molecular weight is 555 g/mol. The zero-order chi connectivity index (χ0) is 28.4. The lowest BCUT2D eigenvalue weighted by molar-refractivity contribution is -0.274. The van der Waals surface area contributed by atoms with E-state index in [4.69, 9.17) is 4.74 Å². The van der Waals surface area contributed by atoms with Crippen LogP contribution < -0.4 is 25.9 Å². The second-order valence-electron chi connectivity index (χ2n) is 9.22. The van der Waals surface area contributed by atoms with Crippen LogP contribution in [0.5, 0.6) is 11.5 Å². The van der Waals surface area contributed by atoms with Crippen LogP contribution in [0, 0.1) is 0 Å². The molecule has 0 radical (unpaired) electrons. The van der Waals surface area contributed by atoms with Crippen molar-refractivity contribution >= 4 is 11.5 Å². The van der Waals surface area contributed by atoms with E-state index >= 15 is 0 Å². The highest BCUT2D eigenvalue weighted by atomic mass is 19.4. The van der Waals surface area contributed by atoms with Crippen LogP contribution in [0.25, 0.3) is 5.69 Å². The normalized spacial score (nSPS) is 13.5. The number of aromatic nitrogens is 4. The van der Waals surface area contributed by atoms with Crippen LogP contribution in [0.15, 0.2) is 70.6 Å². The number of fused-ring (bicyclic) bond motifs is 1. The number of hydrogen-bond donors (Lipinski definition) is 1. The maximum absolute atomic E-state index is 13.5. The van der Waals surface area contributed by atoms with Crippen LogP contribution >= 0.6 is 0 Å². The Kier molecular flexibility index (Phi) is 7.30. The van der Waals surface area contributed by atoms with Gasteiger partial charge < -0.3 is 19.4 Å². The Labute approximate surface area is 226 Å². The summed E-state index contributed by atoms with van der Waals surface area (Å²) in [5.74, 6) is 0.600. The van der Waals surface area contributed by atoms with E-state index in [1.807, 2.05) is 24.3 Å². The highest BCUT2D eigenvalue weighted by molar-refractivity contribution is 5.60. The first kappa shape index (κ1) is 26.9. The summed E-state index contributed by atoms with van der Waals surface area (Å²) in [6, 6.07) is 12.5. The highest BCUT2D eigenvalue weighted by Gasteiger charge is 2.31. The summed E-state index contributed by atoms with van der Waals surface area (Å²) in [7, 11) is 3.16. The molecule has 1 aliphatic heterocycles. The Bertz CT molecular complexity index is 1630. The van der Waals surface area contributed by atoms with E-state index in [1.54, 1.807) is 14.2 Å². The Morgan fingerprint density at radius 3 is 2.35 bits per heavy atom. The van der Waals surface area contributed by atoms with Crippen molar-refractivity contribution in [3.63, 3.8) is 0 Å². The lowest BCUT2D eigenvalue weighted by Gasteiger charge is -2.30. The molecule has 0 saturated heterocycles. The molecule has 13 heteroatoms. The van der Waals surface area contributed by atoms with Crippen molar-refractivity contribution in [1.82, 2.24) is 24.2 Å². The van der Waals surface area contributed by atoms with Gasteiger partial charge in [-0.2, -0.15) is 4.68 Å². The predicted octanol–water partition coefficient (Wildman–Crippen LogP) is 3.54. The first-order chi connectivity index (χ1) is 19.1. The third-order valence-electron chi connectivity index (χ3n) is 6.49. The molecule has 2 aromatic heterocycles. The molecule has 40 heavy (non-hydrogen) atoms. The lowest BCUT2D eigenvalue weighted by atomic mass is 10.0. The summed E-state index contributed by atoms with van der Waals surface area (Å²) in [6.45, 7) is 1.58. The fourth-order valence-corrected chi connectivity index (χ4v) is 4.51. The molecular formula is C27H25F3N6O4. The number of ether oxygens (including phenoxy) is 2. The molecule has 4 aromatic rings. The summed E-state index contributed by atoms with van der Waals surface area (Å²) >= 11 is 0. The first-order valence-electron chi connectivity index (χ1n) is 12.3. The average Bonchev–Trinajstić information content (AvgIpc) is 2.93. The molecule has 0 atom stereocenters. The summed E-state index contributed by atoms with van der Waals surface area (Å²) in [5, 5.41) is 7.54. The number of rotatable bonds is 7. The van der Waals surface area contributed by atoms with Crippen LogP contribution in [0.2, 0.25) is 0 Å². The van der Waals surface area contributed by atoms with Gasteiger partial charge in [-0.15, -0.1) is 18.3 Å². The van der Waals surface area contributed by atoms with Gasteiger partial charge in [-0.05, 0) is 48.4 Å². The minimum Gasteiger partial charge on any atom is -0.497 e. The van der Waals surface area contributed by atoms with Gasteiger partial charge >= 0.3 is 6.36 Å². The topological polar surface area (TPSA) is 104 Å². The summed E-state index contributed by atoms with van der Waals surface area (Å²) in [4.78, 5) is 32.5. The van der Waals surface area contributed by atoms with Gasteiger partial charge in [0, 0.05) is 37.8 Å². The molecule has 0 unspecified atom stereocenters. The van der Waals surface area contributed by atoms with E-state index < -0.39 is 17.7 Å². The van der Waals surface area contributed by atoms with Crippen LogP contribution in [0.3, 0.4) is 0 Å². The maximum atomic E-state index is 13.5. The van der Waals surface area contributed by atoms with Gasteiger partial charge in [0.1, 0.15) is 17.2 Å². The van der Waals surface area contributed by atoms with Crippen LogP contribution in [-0.2, 0) is 26.6 Å². The molecule has 0 bridgehead atoms. The second kappa shape index (κ2) is 10.8. The standard InChI is InChI=1S/C27H25F3N6O4/c1-34-16-31-13-23(26(34)38)32-24-22-15-35(14-17-3-7-19(39-2)8-4-17)12-11-21(22)25(37)36(33-24)18-5-9-20(10-6-18)40-27(28,29)30/h3-10,13,16H,11-12,14-15H2,1-2H3,(H,32,33). The summed E-state index contributed by atoms with van der Waals surface area (Å²) < 4.78 is 49.4. The molecule has 0 fully saturated rings. The third-order valence-corrected chi connectivity index (χ3v) is 6.49. The Hall–Kier alpha value is -4.65. The number of nitrogens with one attached hydrogen (secondary N) is 1. The smallest absolute Gasteiger partial charge is 0.497 e. The fraction of sp³-hybridized carbons (Fsp3) is 0.259. The zero-order valence-electron chi connectivity index (χ0n) is 21.6. The number of halogens is 3. The SMILES string of the molecule is COc1ccc(CN2CCc3c(c(Nc4cncn(C)c4=O)nn(-c4ccc(OC(F)(F)F)cc4)c3=O)C2)cc1. The molecule has 1 aliphatic rings. The van der Waals surface area contributed by atoms with Crippen molar-refractivity contribution in [1.29, 1.82) is 0 Å². The molecule has 0 saturated carbocycles. The van der Waals surface area contributed by atoms with E-state index in [1.165, 1.54) is 29.2 Å². The minimum absolute atomic E-state index is 0.158. The number of benzene rings is 2. The fourth-order valence-electron chi connectivity index (χ4n) is 4.51. The monoisotopic (exact) mass is 554 g/mol. The van der Waals surface area contributed by atoms with E-state index in [-0.39, 0.29) is 22.8 Å². The Balaban J connectivity index is 1.53. The number of methoxy groups -OCH3 is 1. The van der Waals surface area contributed by atoms with Gasteiger partial charge in [-0.3, -0.25) is 14.5 Å². The van der Waals surface area contributed by atoms with Gasteiger partial charge in [-0.1, -0.05) is 12.1 Å². The van der Waals surface area contributed by atoms with Crippen LogP contribution in [0.4, 0.5) is 24.7 Å². The van der Waals surface area contributed by atoms with E-state index in [2.05, 4.69) is 25.0 Å². The number of anilines is 2. The molecule has 0 aliphatic carbocycles. The largest absolute Gasteiger partial charge is 0.573 e. The van der Waals surface area contributed by atoms with Gasteiger partial charge in [0.25, 0.3) is 11.1 Å². The number of aryl methyl sites for hydroxylation is 1. The number of hydrogen-bond acceptors (Lipinski definition) is 8. The zero-order valence-corrected chi connectivity index (χ0v) is 21.6. The van der Waals surface area contributed by atoms with Crippen molar-refractivity contribution < 1.29 is 22.6 Å². The van der Waals surface area contributed by atoms with Gasteiger partial charge in [0.05, 0.1) is 25.3 Å². The molecular weight excluding hydrogens is 529 g/mol. The van der Waals surface area contributed by atoms with Gasteiger partial charge in [0.15, 0.2) is 5.82 Å². The molecule has 5 rings (SSSR count). The van der Waals surface area contributed by atoms with Gasteiger partial charge in [0.2, 0.25) is 0 Å². The first-order valence-corrected chi connectivity index (χ1v) is 12.3. The molecule has 0 spiro atoms. The minimum atomic E-state index is -4.84. The predicted molar refractivity (Wildman–Crippen MR) is 140 cm³/mol. The van der Waals surface area contributed by atoms with E-state index in [0.29, 0.717) is 37.2 Å². The van der Waals surface area contributed by atoms with Crippen molar-refractivity contribution in [3.05, 3.63) is 98.5 Å². The van der Waals surface area contributed by atoms with Crippen LogP contribution in [0.1, 0.15) is 16.7 Å².